The molecule has 3 heteroatoms. The first kappa shape index (κ1) is 10.3. The van der Waals surface area contributed by atoms with E-state index in [1.54, 1.807) is 17.0 Å². The Balaban J connectivity index is 2.00. The lowest BCUT2D eigenvalue weighted by atomic mass is 9.95. The maximum Gasteiger partial charge on any atom is 0.242 e. The molecular weight excluding hydrogens is 212 g/mol. The van der Waals surface area contributed by atoms with Gasteiger partial charge in [0.15, 0.2) is 0 Å². The Bertz CT molecular complexity index is 553. The molecule has 1 aromatic carbocycles. The van der Waals surface area contributed by atoms with Crippen LogP contribution in [0, 0.1) is 6.92 Å². The Morgan fingerprint density at radius 2 is 2.00 bits per heavy atom. The highest BCUT2D eigenvalue weighted by Gasteiger charge is 2.51. The minimum Gasteiger partial charge on any atom is -0.273 e. The van der Waals surface area contributed by atoms with E-state index in [2.05, 4.69) is 4.98 Å². The van der Waals surface area contributed by atoms with Gasteiger partial charge in [0.05, 0.1) is 5.41 Å². The quantitative estimate of drug-likeness (QED) is 0.788. The van der Waals surface area contributed by atoms with E-state index in [0.29, 0.717) is 0 Å². The second kappa shape index (κ2) is 3.55. The summed E-state index contributed by atoms with van der Waals surface area (Å²) in [6.45, 7) is 1.86. The largest absolute Gasteiger partial charge is 0.273 e. The molecule has 0 N–H and O–H groups in total. The van der Waals surface area contributed by atoms with E-state index in [9.17, 15) is 4.79 Å². The van der Waals surface area contributed by atoms with Crippen LogP contribution in [0.1, 0.15) is 29.0 Å². The first-order chi connectivity index (χ1) is 8.24. The number of imidazole rings is 1. The molecule has 86 valence electrons. The minimum atomic E-state index is -0.299. The van der Waals surface area contributed by atoms with Crippen molar-refractivity contribution in [2.24, 2.45) is 0 Å². The number of aromatic nitrogens is 2. The summed E-state index contributed by atoms with van der Waals surface area (Å²) in [5.41, 5.74) is 0.824. The number of benzene rings is 1. The van der Waals surface area contributed by atoms with E-state index in [0.717, 1.165) is 24.2 Å². The van der Waals surface area contributed by atoms with E-state index in [4.69, 9.17) is 0 Å². The average molecular weight is 226 g/mol. The lowest BCUT2D eigenvalue weighted by molar-refractivity contribution is 0.0860. The van der Waals surface area contributed by atoms with Crippen LogP contribution in [0.25, 0.3) is 0 Å². The van der Waals surface area contributed by atoms with Gasteiger partial charge in [-0.3, -0.25) is 9.36 Å². The second-order valence-corrected chi connectivity index (χ2v) is 4.60. The van der Waals surface area contributed by atoms with Crippen LogP contribution in [0.15, 0.2) is 42.7 Å². The maximum atomic E-state index is 12.5. The molecule has 1 saturated carbocycles. The van der Waals surface area contributed by atoms with Crippen LogP contribution in [0.2, 0.25) is 0 Å². The monoisotopic (exact) mass is 226 g/mol. The standard InChI is InChI=1S/C14H14N2O/c1-11-15-9-10-16(11)13(17)14(7-8-14)12-5-3-2-4-6-12/h2-6,9-10H,7-8H2,1H3. The number of aryl methyl sites for hydroxylation is 1. The fraction of sp³-hybridized carbons (Fsp3) is 0.286. The van der Waals surface area contributed by atoms with E-state index in [1.165, 1.54) is 0 Å². The molecule has 0 saturated heterocycles. The molecule has 1 aromatic heterocycles. The predicted molar refractivity (Wildman–Crippen MR) is 64.9 cm³/mol. The average Bonchev–Trinajstić information content (AvgIpc) is 3.07. The summed E-state index contributed by atoms with van der Waals surface area (Å²) >= 11 is 0. The molecular formula is C14H14N2O. The number of hydrogen-bond donors (Lipinski definition) is 0. The summed E-state index contributed by atoms with van der Waals surface area (Å²) in [4.78, 5) is 16.6. The van der Waals surface area contributed by atoms with E-state index >= 15 is 0 Å². The molecule has 0 amide bonds. The molecule has 1 fully saturated rings. The van der Waals surface area contributed by atoms with Crippen molar-refractivity contribution in [2.75, 3.05) is 0 Å². The molecule has 0 spiro atoms. The number of hydrogen-bond acceptors (Lipinski definition) is 2. The number of nitrogens with zero attached hydrogens (tertiary/aromatic N) is 2. The molecule has 0 bridgehead atoms. The Morgan fingerprint density at radius 3 is 2.53 bits per heavy atom. The van der Waals surface area contributed by atoms with Crippen molar-refractivity contribution in [3.63, 3.8) is 0 Å². The van der Waals surface area contributed by atoms with Gasteiger partial charge >= 0.3 is 0 Å². The fourth-order valence-electron chi connectivity index (χ4n) is 2.33. The molecule has 0 atom stereocenters. The van der Waals surface area contributed by atoms with Gasteiger partial charge in [0, 0.05) is 12.4 Å². The smallest absolute Gasteiger partial charge is 0.242 e. The van der Waals surface area contributed by atoms with Crippen molar-refractivity contribution in [1.29, 1.82) is 0 Å². The maximum absolute atomic E-state index is 12.5. The summed E-state index contributed by atoms with van der Waals surface area (Å²) in [5.74, 6) is 0.913. The minimum absolute atomic E-state index is 0.152. The normalized spacial score (nSPS) is 16.8. The van der Waals surface area contributed by atoms with Gasteiger partial charge < -0.3 is 0 Å². The van der Waals surface area contributed by atoms with Crippen LogP contribution in [0.4, 0.5) is 0 Å². The van der Waals surface area contributed by atoms with Crippen LogP contribution in [-0.2, 0) is 5.41 Å². The zero-order valence-electron chi connectivity index (χ0n) is 9.76. The summed E-state index contributed by atoms with van der Waals surface area (Å²) in [7, 11) is 0. The number of carbonyl (C=O) groups is 1. The molecule has 1 aliphatic rings. The van der Waals surface area contributed by atoms with Crippen LogP contribution in [0.5, 0.6) is 0 Å². The topological polar surface area (TPSA) is 34.9 Å². The Hall–Kier alpha value is -1.90. The summed E-state index contributed by atoms with van der Waals surface area (Å²) in [6, 6.07) is 10.0. The highest BCUT2D eigenvalue weighted by molar-refractivity contribution is 5.93. The molecule has 0 radical (unpaired) electrons. The van der Waals surface area contributed by atoms with Crippen molar-refractivity contribution in [3.05, 3.63) is 54.1 Å². The highest BCUT2D eigenvalue weighted by atomic mass is 16.2. The van der Waals surface area contributed by atoms with Crippen molar-refractivity contribution < 1.29 is 4.79 Å². The predicted octanol–water partition coefficient (Wildman–Crippen LogP) is 2.56. The van der Waals surface area contributed by atoms with E-state index in [-0.39, 0.29) is 11.3 Å². The SMILES string of the molecule is Cc1nccn1C(=O)C1(c2ccccc2)CC1. The molecule has 3 nitrogen and oxygen atoms in total. The van der Waals surface area contributed by atoms with Gasteiger partial charge in [0.2, 0.25) is 5.91 Å². The highest BCUT2D eigenvalue weighted by Crippen LogP contribution is 2.49. The first-order valence-electron chi connectivity index (χ1n) is 5.84. The van der Waals surface area contributed by atoms with Crippen molar-refractivity contribution in [1.82, 2.24) is 9.55 Å². The molecule has 0 aliphatic heterocycles. The Labute approximate surface area is 100 Å². The zero-order chi connectivity index (χ0) is 11.9. The van der Waals surface area contributed by atoms with Gasteiger partial charge in [-0.2, -0.15) is 0 Å². The molecule has 1 aliphatic carbocycles. The van der Waals surface area contributed by atoms with Gasteiger partial charge in [-0.15, -0.1) is 0 Å². The number of rotatable bonds is 2. The lowest BCUT2D eigenvalue weighted by Crippen LogP contribution is -2.27. The van der Waals surface area contributed by atoms with Gasteiger partial charge in [-0.05, 0) is 25.3 Å². The molecule has 17 heavy (non-hydrogen) atoms. The Kier molecular flexibility index (Phi) is 2.15. The third-order valence-corrected chi connectivity index (χ3v) is 3.53. The first-order valence-corrected chi connectivity index (χ1v) is 5.84. The fourth-order valence-corrected chi connectivity index (χ4v) is 2.33. The summed E-state index contributed by atoms with van der Waals surface area (Å²) < 4.78 is 1.67. The van der Waals surface area contributed by atoms with Gasteiger partial charge in [0.25, 0.3) is 0 Å². The molecule has 2 aromatic rings. The zero-order valence-corrected chi connectivity index (χ0v) is 9.76. The van der Waals surface area contributed by atoms with Crippen LogP contribution in [-0.4, -0.2) is 15.5 Å². The van der Waals surface area contributed by atoms with Gasteiger partial charge in [-0.25, -0.2) is 4.98 Å². The van der Waals surface area contributed by atoms with Crippen molar-refractivity contribution in [3.8, 4) is 0 Å². The van der Waals surface area contributed by atoms with Gasteiger partial charge in [-0.1, -0.05) is 30.3 Å². The van der Waals surface area contributed by atoms with Gasteiger partial charge in [0.1, 0.15) is 5.82 Å². The Morgan fingerprint density at radius 1 is 1.29 bits per heavy atom. The third-order valence-electron chi connectivity index (χ3n) is 3.53. The summed E-state index contributed by atoms with van der Waals surface area (Å²) in [5, 5.41) is 0. The van der Waals surface area contributed by atoms with E-state index in [1.807, 2.05) is 37.3 Å². The number of carbonyl (C=O) groups excluding carboxylic acids is 1. The van der Waals surface area contributed by atoms with Crippen LogP contribution >= 0.6 is 0 Å². The third kappa shape index (κ3) is 1.50. The molecule has 1 heterocycles. The molecule has 3 rings (SSSR count). The van der Waals surface area contributed by atoms with Crippen molar-refractivity contribution >= 4 is 5.91 Å². The molecule has 0 unspecified atom stereocenters. The lowest BCUT2D eigenvalue weighted by Gasteiger charge is -2.15. The van der Waals surface area contributed by atoms with Crippen molar-refractivity contribution in [2.45, 2.75) is 25.2 Å². The van der Waals surface area contributed by atoms with Crippen LogP contribution in [0.3, 0.4) is 0 Å². The summed E-state index contributed by atoms with van der Waals surface area (Å²) in [6.07, 6.45) is 5.30. The second-order valence-electron chi connectivity index (χ2n) is 4.60. The van der Waals surface area contributed by atoms with Crippen LogP contribution < -0.4 is 0 Å². The van der Waals surface area contributed by atoms with E-state index < -0.39 is 0 Å².